The molecule has 1 aliphatic heterocycles. The molecule has 0 radical (unpaired) electrons. The SMILES string of the molecule is Cc1cccc(C2CCCN2C(=O)C2CC3(O)CC2C3)c1. The first-order valence-electron chi connectivity index (χ1n) is 8.15. The largest absolute Gasteiger partial charge is 0.390 e. The number of hydrogen-bond donors (Lipinski definition) is 1. The van der Waals surface area contributed by atoms with Gasteiger partial charge in [-0.3, -0.25) is 4.79 Å². The summed E-state index contributed by atoms with van der Waals surface area (Å²) < 4.78 is 0. The third kappa shape index (κ3) is 2.10. The molecule has 2 bridgehead atoms. The molecule has 1 heterocycles. The maximum Gasteiger partial charge on any atom is 0.226 e. The number of nitrogens with zero attached hydrogens (tertiary/aromatic N) is 1. The monoisotopic (exact) mass is 285 g/mol. The van der Waals surface area contributed by atoms with Crippen LogP contribution in [0.5, 0.6) is 0 Å². The number of rotatable bonds is 2. The second kappa shape index (κ2) is 4.57. The van der Waals surface area contributed by atoms with E-state index < -0.39 is 5.60 Å². The molecule has 4 fully saturated rings. The minimum absolute atomic E-state index is 0.0698. The summed E-state index contributed by atoms with van der Waals surface area (Å²) in [4.78, 5) is 15.0. The van der Waals surface area contributed by atoms with E-state index in [0.29, 0.717) is 12.3 Å². The molecule has 2 atom stereocenters. The smallest absolute Gasteiger partial charge is 0.226 e. The van der Waals surface area contributed by atoms with E-state index >= 15 is 0 Å². The van der Waals surface area contributed by atoms with Crippen LogP contribution in [0.3, 0.4) is 0 Å². The predicted molar refractivity (Wildman–Crippen MR) is 80.6 cm³/mol. The Bertz CT molecular complexity index is 576. The molecule has 112 valence electrons. The summed E-state index contributed by atoms with van der Waals surface area (Å²) in [6.45, 7) is 2.98. The molecule has 3 nitrogen and oxygen atoms in total. The Morgan fingerprint density at radius 2 is 2.14 bits per heavy atom. The van der Waals surface area contributed by atoms with E-state index in [1.165, 1.54) is 11.1 Å². The molecule has 1 saturated heterocycles. The molecule has 5 rings (SSSR count). The lowest BCUT2D eigenvalue weighted by atomic mass is 9.79. The molecule has 0 spiro atoms. The minimum Gasteiger partial charge on any atom is -0.390 e. The molecule has 2 unspecified atom stereocenters. The van der Waals surface area contributed by atoms with Gasteiger partial charge in [0.25, 0.3) is 0 Å². The highest BCUT2D eigenvalue weighted by Crippen LogP contribution is 2.56. The van der Waals surface area contributed by atoms with Crippen molar-refractivity contribution in [3.63, 3.8) is 0 Å². The van der Waals surface area contributed by atoms with Gasteiger partial charge in [0.05, 0.1) is 11.6 Å². The van der Waals surface area contributed by atoms with Crippen LogP contribution in [0.15, 0.2) is 24.3 Å². The zero-order chi connectivity index (χ0) is 14.6. The summed E-state index contributed by atoms with van der Waals surface area (Å²) in [5.74, 6) is 0.791. The van der Waals surface area contributed by atoms with Crippen LogP contribution in [0, 0.1) is 18.8 Å². The Kier molecular flexibility index (Phi) is 2.90. The lowest BCUT2D eigenvalue weighted by Crippen LogP contribution is -2.38. The third-order valence-corrected chi connectivity index (χ3v) is 5.73. The van der Waals surface area contributed by atoms with Gasteiger partial charge in [-0.1, -0.05) is 29.8 Å². The van der Waals surface area contributed by atoms with Crippen molar-refractivity contribution in [1.29, 1.82) is 0 Å². The first-order chi connectivity index (χ1) is 10.1. The van der Waals surface area contributed by atoms with Crippen molar-refractivity contribution in [1.82, 2.24) is 4.90 Å². The van der Waals surface area contributed by atoms with Crippen LogP contribution in [-0.2, 0) is 4.79 Å². The second-order valence-electron chi connectivity index (χ2n) is 7.31. The fourth-order valence-electron chi connectivity index (χ4n) is 4.70. The standard InChI is InChI=1S/C18H23NO2/c1-12-4-2-5-13(8-12)16-6-3-7-19(16)17(20)15-11-18(21)9-14(15)10-18/h2,4-5,8,14-16,21H,3,6-7,9-11H2,1H3. The fraction of sp³-hybridized carbons (Fsp3) is 0.611. The number of benzene rings is 1. The summed E-state index contributed by atoms with van der Waals surface area (Å²) in [5, 5.41) is 10.2. The summed E-state index contributed by atoms with van der Waals surface area (Å²) in [5.41, 5.74) is 2.01. The maximum absolute atomic E-state index is 12.9. The van der Waals surface area contributed by atoms with E-state index in [2.05, 4.69) is 36.1 Å². The molecule has 0 aromatic heterocycles. The zero-order valence-electron chi connectivity index (χ0n) is 12.6. The Balaban J connectivity index is 1.55. The van der Waals surface area contributed by atoms with Crippen molar-refractivity contribution in [2.24, 2.45) is 11.8 Å². The summed E-state index contributed by atoms with van der Waals surface area (Å²) in [7, 11) is 0. The van der Waals surface area contributed by atoms with Gasteiger partial charge in [0.1, 0.15) is 0 Å². The molecule has 1 N–H and O–H groups in total. The van der Waals surface area contributed by atoms with Crippen molar-refractivity contribution in [3.8, 4) is 0 Å². The van der Waals surface area contributed by atoms with Gasteiger partial charge >= 0.3 is 0 Å². The number of amides is 1. The van der Waals surface area contributed by atoms with Gasteiger partial charge in [-0.05, 0) is 50.5 Å². The number of aryl methyl sites for hydroxylation is 1. The Morgan fingerprint density at radius 1 is 1.33 bits per heavy atom. The van der Waals surface area contributed by atoms with Crippen molar-refractivity contribution >= 4 is 5.91 Å². The van der Waals surface area contributed by atoms with E-state index in [1.54, 1.807) is 0 Å². The molecule has 3 aliphatic carbocycles. The number of carbonyl (C=O) groups excluding carboxylic acids is 1. The summed E-state index contributed by atoms with van der Waals surface area (Å²) in [6, 6.07) is 8.78. The van der Waals surface area contributed by atoms with Gasteiger partial charge in [0.2, 0.25) is 5.91 Å². The van der Waals surface area contributed by atoms with Crippen molar-refractivity contribution < 1.29 is 9.90 Å². The van der Waals surface area contributed by atoms with Crippen molar-refractivity contribution in [2.45, 2.75) is 50.7 Å². The van der Waals surface area contributed by atoms with Crippen LogP contribution in [0.4, 0.5) is 0 Å². The number of hydrogen-bond acceptors (Lipinski definition) is 2. The Hall–Kier alpha value is -1.35. The molecule has 4 aliphatic rings. The third-order valence-electron chi connectivity index (χ3n) is 5.73. The highest BCUT2D eigenvalue weighted by molar-refractivity contribution is 5.81. The number of aliphatic hydroxyl groups is 1. The van der Waals surface area contributed by atoms with Gasteiger partial charge < -0.3 is 10.0 Å². The minimum atomic E-state index is -0.510. The van der Waals surface area contributed by atoms with Crippen LogP contribution in [-0.4, -0.2) is 28.1 Å². The van der Waals surface area contributed by atoms with E-state index in [0.717, 1.165) is 32.2 Å². The van der Waals surface area contributed by atoms with Crippen LogP contribution >= 0.6 is 0 Å². The van der Waals surface area contributed by atoms with E-state index in [-0.39, 0.29) is 17.9 Å². The van der Waals surface area contributed by atoms with Gasteiger partial charge in [-0.25, -0.2) is 0 Å². The molecule has 3 saturated carbocycles. The lowest BCUT2D eigenvalue weighted by Gasteiger charge is -2.33. The lowest BCUT2D eigenvalue weighted by molar-refractivity contribution is -0.137. The molecule has 1 aromatic rings. The highest BCUT2D eigenvalue weighted by Gasteiger charge is 2.58. The van der Waals surface area contributed by atoms with Crippen molar-refractivity contribution in [3.05, 3.63) is 35.4 Å². The zero-order valence-corrected chi connectivity index (χ0v) is 12.6. The van der Waals surface area contributed by atoms with Crippen LogP contribution in [0.1, 0.15) is 49.3 Å². The quantitative estimate of drug-likeness (QED) is 0.907. The topological polar surface area (TPSA) is 40.5 Å². The summed E-state index contributed by atoms with van der Waals surface area (Å²) >= 11 is 0. The number of carbonyl (C=O) groups is 1. The molecule has 1 aromatic carbocycles. The van der Waals surface area contributed by atoms with Crippen LogP contribution in [0.25, 0.3) is 0 Å². The van der Waals surface area contributed by atoms with E-state index in [9.17, 15) is 9.90 Å². The molecular formula is C18H23NO2. The van der Waals surface area contributed by atoms with Gasteiger partial charge in [-0.15, -0.1) is 0 Å². The Labute approximate surface area is 126 Å². The average molecular weight is 285 g/mol. The molecule has 1 amide bonds. The fourth-order valence-corrected chi connectivity index (χ4v) is 4.70. The summed E-state index contributed by atoms with van der Waals surface area (Å²) in [6.07, 6.45) is 4.52. The molecule has 21 heavy (non-hydrogen) atoms. The van der Waals surface area contributed by atoms with Crippen LogP contribution in [0.2, 0.25) is 0 Å². The predicted octanol–water partition coefficient (Wildman–Crippen LogP) is 2.82. The number of likely N-dealkylation sites (tertiary alicyclic amines) is 1. The van der Waals surface area contributed by atoms with Crippen molar-refractivity contribution in [2.75, 3.05) is 6.54 Å². The molecule has 3 heteroatoms. The van der Waals surface area contributed by atoms with Gasteiger partial charge in [0.15, 0.2) is 0 Å². The maximum atomic E-state index is 12.9. The second-order valence-corrected chi connectivity index (χ2v) is 7.31. The first kappa shape index (κ1) is 13.3. The van der Waals surface area contributed by atoms with E-state index in [1.807, 2.05) is 0 Å². The first-order valence-corrected chi connectivity index (χ1v) is 8.15. The van der Waals surface area contributed by atoms with Gasteiger partial charge in [-0.2, -0.15) is 0 Å². The van der Waals surface area contributed by atoms with Gasteiger partial charge in [0, 0.05) is 12.5 Å². The normalized spacial score (nSPS) is 37.6. The Morgan fingerprint density at radius 3 is 2.81 bits per heavy atom. The number of fused-ring (bicyclic) bond motifs is 1. The average Bonchev–Trinajstić information content (AvgIpc) is 3.09. The molecular weight excluding hydrogens is 262 g/mol. The van der Waals surface area contributed by atoms with E-state index in [4.69, 9.17) is 0 Å². The highest BCUT2D eigenvalue weighted by atomic mass is 16.3. The van der Waals surface area contributed by atoms with Crippen LogP contribution < -0.4 is 0 Å².